The van der Waals surface area contributed by atoms with Crippen LogP contribution in [0.4, 0.5) is 0 Å². The molecule has 1 N–H and O–H groups in total. The third-order valence-corrected chi connectivity index (χ3v) is 4.65. The largest absolute Gasteiger partial charge is 0.375 e. The molecule has 0 amide bonds. The normalized spacial score (nSPS) is 37.4. The van der Waals surface area contributed by atoms with Crippen molar-refractivity contribution >= 4 is 0 Å². The summed E-state index contributed by atoms with van der Waals surface area (Å²) < 4.78 is 5.89. The first-order valence-electron chi connectivity index (χ1n) is 6.48. The van der Waals surface area contributed by atoms with Gasteiger partial charge in [-0.2, -0.15) is 0 Å². The first-order chi connectivity index (χ1) is 7.13. The van der Waals surface area contributed by atoms with E-state index in [2.05, 4.69) is 26.1 Å². The molecule has 0 spiro atoms. The van der Waals surface area contributed by atoms with Gasteiger partial charge in [0.2, 0.25) is 0 Å². The Kier molecular flexibility index (Phi) is 3.36. The molecule has 0 bridgehead atoms. The molecule has 1 heterocycles. The Balaban J connectivity index is 1.96. The van der Waals surface area contributed by atoms with Crippen molar-refractivity contribution < 1.29 is 4.74 Å². The Morgan fingerprint density at radius 3 is 2.87 bits per heavy atom. The summed E-state index contributed by atoms with van der Waals surface area (Å²) >= 11 is 0. The third kappa shape index (κ3) is 2.36. The van der Waals surface area contributed by atoms with E-state index in [-0.39, 0.29) is 0 Å². The monoisotopic (exact) mass is 211 g/mol. The fraction of sp³-hybridized carbons (Fsp3) is 1.00. The Labute approximate surface area is 93.8 Å². The third-order valence-electron chi connectivity index (χ3n) is 4.65. The summed E-state index contributed by atoms with van der Waals surface area (Å²) in [7, 11) is 0. The Hall–Kier alpha value is -0.0800. The first-order valence-corrected chi connectivity index (χ1v) is 6.48. The minimum atomic E-state index is 0.489. The molecular weight excluding hydrogens is 186 g/mol. The molecule has 0 aromatic carbocycles. The van der Waals surface area contributed by atoms with Crippen molar-refractivity contribution in [3.8, 4) is 0 Å². The minimum Gasteiger partial charge on any atom is -0.375 e. The van der Waals surface area contributed by atoms with Gasteiger partial charge in [-0.3, -0.25) is 0 Å². The van der Waals surface area contributed by atoms with Crippen LogP contribution in [0.15, 0.2) is 0 Å². The lowest BCUT2D eigenvalue weighted by Gasteiger charge is -2.45. The molecule has 0 aromatic rings. The van der Waals surface area contributed by atoms with Crippen LogP contribution < -0.4 is 5.32 Å². The average molecular weight is 211 g/mol. The van der Waals surface area contributed by atoms with Gasteiger partial charge < -0.3 is 10.1 Å². The molecule has 2 fully saturated rings. The topological polar surface area (TPSA) is 21.3 Å². The van der Waals surface area contributed by atoms with E-state index in [4.69, 9.17) is 4.74 Å². The van der Waals surface area contributed by atoms with Gasteiger partial charge in [-0.05, 0) is 30.6 Å². The van der Waals surface area contributed by atoms with Crippen LogP contribution in [0.25, 0.3) is 0 Å². The van der Waals surface area contributed by atoms with Crippen LogP contribution >= 0.6 is 0 Å². The molecule has 2 aliphatic rings. The van der Waals surface area contributed by atoms with Crippen LogP contribution in [-0.2, 0) is 4.74 Å². The SMILES string of the molecule is CCC(C)(C)C1CC[C@@H]2NCCO[C@@H]2C1. The number of hydrogen-bond donors (Lipinski definition) is 1. The highest BCUT2D eigenvalue weighted by Crippen LogP contribution is 2.41. The number of fused-ring (bicyclic) bond motifs is 1. The zero-order valence-electron chi connectivity index (χ0n) is 10.4. The molecule has 1 aliphatic heterocycles. The maximum absolute atomic E-state index is 5.89. The van der Waals surface area contributed by atoms with Crippen molar-refractivity contribution in [3.05, 3.63) is 0 Å². The van der Waals surface area contributed by atoms with Crippen LogP contribution in [-0.4, -0.2) is 25.3 Å². The molecule has 1 saturated carbocycles. The highest BCUT2D eigenvalue weighted by atomic mass is 16.5. The van der Waals surface area contributed by atoms with Crippen molar-refractivity contribution in [1.82, 2.24) is 5.32 Å². The molecule has 1 saturated heterocycles. The standard InChI is InChI=1S/C13H25NO/c1-4-13(2,3)10-5-6-11-12(9-10)15-8-7-14-11/h10-12,14H,4-9H2,1-3H3/t10?,11-,12+/m0/s1. The van der Waals surface area contributed by atoms with Crippen LogP contribution in [0, 0.1) is 11.3 Å². The quantitative estimate of drug-likeness (QED) is 0.758. The van der Waals surface area contributed by atoms with Crippen LogP contribution in [0.2, 0.25) is 0 Å². The van der Waals surface area contributed by atoms with Crippen molar-refractivity contribution in [3.63, 3.8) is 0 Å². The summed E-state index contributed by atoms with van der Waals surface area (Å²) in [6.07, 6.45) is 5.71. The van der Waals surface area contributed by atoms with E-state index in [0.717, 1.165) is 19.1 Å². The van der Waals surface area contributed by atoms with Crippen molar-refractivity contribution in [2.45, 2.75) is 58.6 Å². The molecule has 88 valence electrons. The second kappa shape index (κ2) is 4.42. The van der Waals surface area contributed by atoms with Crippen molar-refractivity contribution in [2.24, 2.45) is 11.3 Å². The van der Waals surface area contributed by atoms with Gasteiger partial charge in [0, 0.05) is 12.6 Å². The Morgan fingerprint density at radius 1 is 1.33 bits per heavy atom. The Morgan fingerprint density at radius 2 is 2.13 bits per heavy atom. The van der Waals surface area contributed by atoms with E-state index in [1.807, 2.05) is 0 Å². The summed E-state index contributed by atoms with van der Waals surface area (Å²) in [5.41, 5.74) is 0.492. The molecule has 2 rings (SSSR count). The average Bonchev–Trinajstić information content (AvgIpc) is 2.28. The summed E-state index contributed by atoms with van der Waals surface area (Å²) in [5, 5.41) is 3.59. The maximum Gasteiger partial charge on any atom is 0.0731 e. The summed E-state index contributed by atoms with van der Waals surface area (Å²) in [4.78, 5) is 0. The minimum absolute atomic E-state index is 0.489. The molecular formula is C13H25NO. The number of hydrogen-bond acceptors (Lipinski definition) is 2. The number of morpholine rings is 1. The molecule has 0 radical (unpaired) electrons. The van der Waals surface area contributed by atoms with E-state index < -0.39 is 0 Å². The van der Waals surface area contributed by atoms with E-state index in [1.165, 1.54) is 25.7 Å². The van der Waals surface area contributed by atoms with Gasteiger partial charge in [-0.25, -0.2) is 0 Å². The fourth-order valence-electron chi connectivity index (χ4n) is 3.00. The molecule has 2 nitrogen and oxygen atoms in total. The van der Waals surface area contributed by atoms with Gasteiger partial charge in [0.15, 0.2) is 0 Å². The molecule has 3 atom stereocenters. The van der Waals surface area contributed by atoms with E-state index in [0.29, 0.717) is 17.6 Å². The summed E-state index contributed by atoms with van der Waals surface area (Å²) in [6.45, 7) is 9.08. The summed E-state index contributed by atoms with van der Waals surface area (Å²) in [6, 6.07) is 0.641. The van der Waals surface area contributed by atoms with Crippen molar-refractivity contribution in [2.75, 3.05) is 13.2 Å². The molecule has 2 heteroatoms. The number of nitrogens with one attached hydrogen (secondary N) is 1. The van der Waals surface area contributed by atoms with Gasteiger partial charge >= 0.3 is 0 Å². The highest BCUT2D eigenvalue weighted by molar-refractivity contribution is 4.92. The smallest absolute Gasteiger partial charge is 0.0731 e. The fourth-order valence-corrected chi connectivity index (χ4v) is 3.00. The van der Waals surface area contributed by atoms with Crippen LogP contribution in [0.5, 0.6) is 0 Å². The van der Waals surface area contributed by atoms with Gasteiger partial charge in [-0.15, -0.1) is 0 Å². The predicted octanol–water partition coefficient (Wildman–Crippen LogP) is 2.58. The lowest BCUT2D eigenvalue weighted by Crippen LogP contribution is -2.52. The van der Waals surface area contributed by atoms with Gasteiger partial charge in [0.1, 0.15) is 0 Å². The molecule has 0 aromatic heterocycles. The lowest BCUT2D eigenvalue weighted by molar-refractivity contribution is -0.0545. The summed E-state index contributed by atoms with van der Waals surface area (Å²) in [5.74, 6) is 0.851. The molecule has 1 unspecified atom stereocenters. The number of ether oxygens (including phenoxy) is 1. The van der Waals surface area contributed by atoms with Crippen LogP contribution in [0.1, 0.15) is 46.5 Å². The van der Waals surface area contributed by atoms with Crippen molar-refractivity contribution in [1.29, 1.82) is 0 Å². The second-order valence-corrected chi connectivity index (χ2v) is 5.82. The van der Waals surface area contributed by atoms with Gasteiger partial charge in [-0.1, -0.05) is 27.2 Å². The van der Waals surface area contributed by atoms with Gasteiger partial charge in [0.25, 0.3) is 0 Å². The zero-order valence-corrected chi connectivity index (χ0v) is 10.4. The predicted molar refractivity (Wildman–Crippen MR) is 62.9 cm³/mol. The molecule has 1 aliphatic carbocycles. The van der Waals surface area contributed by atoms with E-state index >= 15 is 0 Å². The molecule has 15 heavy (non-hydrogen) atoms. The zero-order chi connectivity index (χ0) is 10.9. The van der Waals surface area contributed by atoms with Gasteiger partial charge in [0.05, 0.1) is 12.7 Å². The van der Waals surface area contributed by atoms with E-state index in [1.54, 1.807) is 0 Å². The maximum atomic E-state index is 5.89. The Bertz CT molecular complexity index is 215. The number of rotatable bonds is 2. The lowest BCUT2D eigenvalue weighted by atomic mass is 9.68. The first kappa shape index (κ1) is 11.4. The second-order valence-electron chi connectivity index (χ2n) is 5.82. The highest BCUT2D eigenvalue weighted by Gasteiger charge is 2.38. The van der Waals surface area contributed by atoms with Crippen LogP contribution in [0.3, 0.4) is 0 Å². The van der Waals surface area contributed by atoms with E-state index in [9.17, 15) is 0 Å².